The van der Waals surface area contributed by atoms with Crippen molar-refractivity contribution in [3.05, 3.63) is 83.9 Å². The minimum atomic E-state index is -4.29. The van der Waals surface area contributed by atoms with Crippen molar-refractivity contribution in [2.75, 3.05) is 17.7 Å². The molecule has 0 unspecified atom stereocenters. The van der Waals surface area contributed by atoms with Crippen LogP contribution < -0.4 is 10.6 Å². The summed E-state index contributed by atoms with van der Waals surface area (Å²) in [6.07, 6.45) is -5.31. The molecule has 160 valence electrons. The lowest BCUT2D eigenvalue weighted by atomic mass is 10.0. The van der Waals surface area contributed by atoms with Crippen LogP contribution in [0.1, 0.15) is 15.9 Å². The summed E-state index contributed by atoms with van der Waals surface area (Å²) in [6.45, 7) is 0. The fourth-order valence-electron chi connectivity index (χ4n) is 2.97. The number of alkyl halides is 3. The Morgan fingerprint density at radius 1 is 0.871 bits per heavy atom. The molecule has 3 rings (SSSR count). The van der Waals surface area contributed by atoms with Crippen molar-refractivity contribution in [1.82, 2.24) is 0 Å². The number of urea groups is 1. The molecule has 5 nitrogen and oxygen atoms in total. The van der Waals surface area contributed by atoms with Crippen LogP contribution in [0.5, 0.6) is 0 Å². The van der Waals surface area contributed by atoms with Gasteiger partial charge in [-0.15, -0.1) is 0 Å². The molecule has 3 aromatic rings. The van der Waals surface area contributed by atoms with Gasteiger partial charge in [0, 0.05) is 11.3 Å². The molecule has 0 aliphatic rings. The Kier molecular flexibility index (Phi) is 6.59. The maximum atomic E-state index is 12.4. The van der Waals surface area contributed by atoms with Crippen LogP contribution in [0.25, 0.3) is 11.1 Å². The SMILES string of the molecule is COC(=O)c1ccc(-c2ccccc2NC(=O)Nc2ccc(CC(F)(F)F)cc2)cc1. The summed E-state index contributed by atoms with van der Waals surface area (Å²) in [4.78, 5) is 24.0. The fraction of sp³-hybridized carbons (Fsp3) is 0.130. The minimum Gasteiger partial charge on any atom is -0.465 e. The summed E-state index contributed by atoms with van der Waals surface area (Å²) >= 11 is 0. The number of hydrogen-bond acceptors (Lipinski definition) is 3. The van der Waals surface area contributed by atoms with E-state index in [1.807, 2.05) is 12.1 Å². The molecule has 0 aromatic heterocycles. The van der Waals surface area contributed by atoms with Crippen molar-refractivity contribution in [3.63, 3.8) is 0 Å². The number of amides is 2. The first-order valence-electron chi connectivity index (χ1n) is 9.26. The van der Waals surface area contributed by atoms with Crippen LogP contribution >= 0.6 is 0 Å². The Hall–Kier alpha value is -3.81. The van der Waals surface area contributed by atoms with Crippen molar-refractivity contribution in [3.8, 4) is 11.1 Å². The van der Waals surface area contributed by atoms with E-state index in [9.17, 15) is 22.8 Å². The van der Waals surface area contributed by atoms with E-state index in [0.29, 0.717) is 16.9 Å². The molecule has 0 aliphatic carbocycles. The van der Waals surface area contributed by atoms with Crippen molar-refractivity contribution >= 4 is 23.4 Å². The lowest BCUT2D eigenvalue weighted by Gasteiger charge is -2.13. The number of benzene rings is 3. The summed E-state index contributed by atoms with van der Waals surface area (Å²) < 4.78 is 42.0. The van der Waals surface area contributed by atoms with E-state index < -0.39 is 24.6 Å². The molecule has 3 aromatic carbocycles. The molecule has 0 fully saturated rings. The van der Waals surface area contributed by atoms with Gasteiger partial charge in [-0.1, -0.05) is 42.5 Å². The normalized spacial score (nSPS) is 11.0. The zero-order chi connectivity index (χ0) is 22.4. The van der Waals surface area contributed by atoms with Crippen molar-refractivity contribution in [2.45, 2.75) is 12.6 Å². The van der Waals surface area contributed by atoms with E-state index in [1.54, 1.807) is 36.4 Å². The third-order valence-electron chi connectivity index (χ3n) is 4.41. The Labute approximate surface area is 176 Å². The summed E-state index contributed by atoms with van der Waals surface area (Å²) in [5.74, 6) is -0.446. The maximum Gasteiger partial charge on any atom is 0.393 e. The second kappa shape index (κ2) is 9.34. The van der Waals surface area contributed by atoms with E-state index in [1.165, 1.54) is 31.4 Å². The van der Waals surface area contributed by atoms with Gasteiger partial charge in [0.2, 0.25) is 0 Å². The molecule has 0 saturated heterocycles. The maximum absolute atomic E-state index is 12.4. The van der Waals surface area contributed by atoms with Gasteiger partial charge in [-0.2, -0.15) is 13.2 Å². The van der Waals surface area contributed by atoms with Crippen LogP contribution in [-0.2, 0) is 11.2 Å². The van der Waals surface area contributed by atoms with Crippen molar-refractivity contribution in [1.29, 1.82) is 0 Å². The van der Waals surface area contributed by atoms with E-state index in [0.717, 1.165) is 11.1 Å². The second-order valence-corrected chi connectivity index (χ2v) is 6.68. The van der Waals surface area contributed by atoms with E-state index in [4.69, 9.17) is 0 Å². The first-order chi connectivity index (χ1) is 14.7. The number of esters is 1. The smallest absolute Gasteiger partial charge is 0.393 e. The number of rotatable bonds is 5. The topological polar surface area (TPSA) is 67.4 Å². The minimum absolute atomic E-state index is 0.110. The van der Waals surface area contributed by atoms with Crippen molar-refractivity contribution < 1.29 is 27.5 Å². The number of nitrogens with one attached hydrogen (secondary N) is 2. The van der Waals surface area contributed by atoms with Gasteiger partial charge < -0.3 is 15.4 Å². The Morgan fingerprint density at radius 3 is 2.13 bits per heavy atom. The molecule has 0 heterocycles. The molecular formula is C23H19F3N2O3. The molecular weight excluding hydrogens is 409 g/mol. The average molecular weight is 428 g/mol. The molecule has 31 heavy (non-hydrogen) atoms. The predicted molar refractivity (Wildman–Crippen MR) is 112 cm³/mol. The zero-order valence-corrected chi connectivity index (χ0v) is 16.5. The standard InChI is InChI=1S/C23H19F3N2O3/c1-31-21(29)17-10-8-16(9-11-17)19-4-2-3-5-20(19)28-22(30)27-18-12-6-15(7-13-18)14-23(24,25)26/h2-13H,14H2,1H3,(H2,27,28,30). The van der Waals surface area contributed by atoms with E-state index in [2.05, 4.69) is 15.4 Å². The lowest BCUT2D eigenvalue weighted by molar-refractivity contribution is -0.127. The molecule has 0 aliphatic heterocycles. The number of methoxy groups -OCH3 is 1. The summed E-state index contributed by atoms with van der Waals surface area (Å²) in [7, 11) is 1.30. The van der Waals surface area contributed by atoms with Crippen LogP contribution in [0, 0.1) is 0 Å². The highest BCUT2D eigenvalue weighted by Crippen LogP contribution is 2.28. The highest BCUT2D eigenvalue weighted by Gasteiger charge is 2.27. The van der Waals surface area contributed by atoms with E-state index in [-0.39, 0.29) is 5.56 Å². The highest BCUT2D eigenvalue weighted by molar-refractivity contribution is 6.02. The Morgan fingerprint density at radius 2 is 1.52 bits per heavy atom. The first-order valence-corrected chi connectivity index (χ1v) is 9.26. The number of anilines is 2. The van der Waals surface area contributed by atoms with E-state index >= 15 is 0 Å². The van der Waals surface area contributed by atoms with Crippen LogP contribution in [0.15, 0.2) is 72.8 Å². The highest BCUT2D eigenvalue weighted by atomic mass is 19.4. The molecule has 0 radical (unpaired) electrons. The molecule has 2 N–H and O–H groups in total. The van der Waals surface area contributed by atoms with Gasteiger partial charge in [0.25, 0.3) is 0 Å². The lowest BCUT2D eigenvalue weighted by Crippen LogP contribution is -2.20. The largest absolute Gasteiger partial charge is 0.465 e. The molecule has 0 saturated carbocycles. The fourth-order valence-corrected chi connectivity index (χ4v) is 2.97. The third kappa shape index (κ3) is 6.08. The van der Waals surface area contributed by atoms with Crippen LogP contribution in [0.4, 0.5) is 29.3 Å². The van der Waals surface area contributed by atoms with Gasteiger partial charge in [-0.3, -0.25) is 0 Å². The predicted octanol–water partition coefficient (Wildman–Crippen LogP) is 5.89. The number of hydrogen-bond donors (Lipinski definition) is 2. The number of ether oxygens (including phenoxy) is 1. The molecule has 0 bridgehead atoms. The summed E-state index contributed by atoms with van der Waals surface area (Å²) in [5, 5.41) is 5.34. The first kappa shape index (κ1) is 21.9. The van der Waals surface area contributed by atoms with Gasteiger partial charge in [-0.25, -0.2) is 9.59 Å². The number of carbonyl (C=O) groups is 2. The average Bonchev–Trinajstić information content (AvgIpc) is 2.74. The molecule has 0 spiro atoms. The molecule has 2 amide bonds. The summed E-state index contributed by atoms with van der Waals surface area (Å²) in [5.41, 5.74) is 2.92. The monoisotopic (exact) mass is 428 g/mol. The van der Waals surface area contributed by atoms with Crippen LogP contribution in [0.2, 0.25) is 0 Å². The second-order valence-electron chi connectivity index (χ2n) is 6.68. The van der Waals surface area contributed by atoms with Gasteiger partial charge in [-0.05, 0) is 41.5 Å². The van der Waals surface area contributed by atoms with Crippen molar-refractivity contribution in [2.24, 2.45) is 0 Å². The Balaban J connectivity index is 1.70. The third-order valence-corrected chi connectivity index (χ3v) is 4.41. The number of para-hydroxylation sites is 1. The quantitative estimate of drug-likeness (QED) is 0.498. The van der Waals surface area contributed by atoms with Crippen LogP contribution in [0.3, 0.4) is 0 Å². The van der Waals surface area contributed by atoms with Gasteiger partial charge in [0.1, 0.15) is 0 Å². The Bertz CT molecular complexity index is 1060. The van der Waals surface area contributed by atoms with Crippen LogP contribution in [-0.4, -0.2) is 25.3 Å². The number of carbonyl (C=O) groups excluding carboxylic acids is 2. The van der Waals surface area contributed by atoms with Gasteiger partial charge in [0.05, 0.1) is 24.8 Å². The molecule has 0 atom stereocenters. The summed E-state index contributed by atoms with van der Waals surface area (Å²) in [6, 6.07) is 18.8. The number of halogens is 3. The zero-order valence-electron chi connectivity index (χ0n) is 16.5. The van der Waals surface area contributed by atoms with Gasteiger partial charge >= 0.3 is 18.2 Å². The molecule has 8 heteroatoms. The van der Waals surface area contributed by atoms with Gasteiger partial charge in [0.15, 0.2) is 0 Å².